The van der Waals surface area contributed by atoms with Crippen LogP contribution in [0.2, 0.25) is 0 Å². The monoisotopic (exact) mass is 424 g/mol. The van der Waals surface area contributed by atoms with E-state index in [-0.39, 0.29) is 24.0 Å². The average Bonchev–Trinajstić information content (AvgIpc) is 3.32. The van der Waals surface area contributed by atoms with Crippen LogP contribution >= 0.6 is 0 Å². The van der Waals surface area contributed by atoms with E-state index in [0.717, 1.165) is 56.7 Å². The van der Waals surface area contributed by atoms with Crippen LogP contribution in [0.5, 0.6) is 0 Å². The molecule has 2 aromatic rings. The molecule has 2 aliphatic carbocycles. The van der Waals surface area contributed by atoms with Crippen molar-refractivity contribution in [1.82, 2.24) is 14.9 Å². The standard InChI is InChI=1S/C25H36N4O2/c1-16-14-21-22(15-17(16)2)29(19-6-4-7-19)25(27-21)28-12-10-18(11-13-28)24(30)26-20-8-5-9-23(20)31-3/h14-15,18-20,23H,4-13H2,1-3H3,(H,26,30)/t20?,23-/m0/s1. The Kier molecular flexibility index (Phi) is 5.67. The number of aryl methyl sites for hydroxylation is 2. The molecule has 31 heavy (non-hydrogen) atoms. The maximum absolute atomic E-state index is 12.9. The van der Waals surface area contributed by atoms with E-state index in [1.165, 1.54) is 35.9 Å². The first-order valence-corrected chi connectivity index (χ1v) is 12.1. The fourth-order valence-electron chi connectivity index (χ4n) is 5.58. The first-order valence-electron chi connectivity index (χ1n) is 12.1. The summed E-state index contributed by atoms with van der Waals surface area (Å²) in [6.07, 6.45) is 8.98. The first kappa shape index (κ1) is 20.8. The third kappa shape index (κ3) is 3.84. The van der Waals surface area contributed by atoms with Crippen molar-refractivity contribution >= 4 is 22.9 Å². The van der Waals surface area contributed by atoms with Gasteiger partial charge in [0.15, 0.2) is 0 Å². The number of benzene rings is 1. The summed E-state index contributed by atoms with van der Waals surface area (Å²) < 4.78 is 8.04. The highest BCUT2D eigenvalue weighted by Gasteiger charge is 2.34. The normalized spacial score (nSPS) is 25.2. The van der Waals surface area contributed by atoms with E-state index >= 15 is 0 Å². The molecule has 1 N–H and O–H groups in total. The molecule has 0 spiro atoms. The summed E-state index contributed by atoms with van der Waals surface area (Å²) in [5.74, 6) is 1.42. The van der Waals surface area contributed by atoms with Crippen LogP contribution in [-0.4, -0.2) is 47.8 Å². The van der Waals surface area contributed by atoms with Crippen LogP contribution in [0.3, 0.4) is 0 Å². The van der Waals surface area contributed by atoms with Gasteiger partial charge in [0, 0.05) is 32.2 Å². The quantitative estimate of drug-likeness (QED) is 0.778. The molecule has 6 heteroatoms. The van der Waals surface area contributed by atoms with Crippen LogP contribution in [0, 0.1) is 19.8 Å². The number of methoxy groups -OCH3 is 1. The van der Waals surface area contributed by atoms with Crippen LogP contribution in [0.25, 0.3) is 11.0 Å². The Bertz CT molecular complexity index is 956. The van der Waals surface area contributed by atoms with Crippen molar-refractivity contribution in [1.29, 1.82) is 0 Å². The topological polar surface area (TPSA) is 59.4 Å². The van der Waals surface area contributed by atoms with Crippen molar-refractivity contribution in [3.8, 4) is 0 Å². The van der Waals surface area contributed by atoms with Gasteiger partial charge in [-0.3, -0.25) is 4.79 Å². The van der Waals surface area contributed by atoms with Crippen molar-refractivity contribution in [3.05, 3.63) is 23.3 Å². The summed E-state index contributed by atoms with van der Waals surface area (Å²) in [7, 11) is 1.75. The van der Waals surface area contributed by atoms with Crippen LogP contribution in [0.15, 0.2) is 12.1 Å². The van der Waals surface area contributed by atoms with Gasteiger partial charge in [0.05, 0.1) is 23.2 Å². The number of nitrogens with one attached hydrogen (secondary N) is 1. The summed E-state index contributed by atoms with van der Waals surface area (Å²) in [5, 5.41) is 3.28. The molecule has 1 unspecified atom stereocenters. The molecule has 5 rings (SSSR count). The molecule has 1 amide bonds. The number of hydrogen-bond donors (Lipinski definition) is 1. The van der Waals surface area contributed by atoms with E-state index in [2.05, 4.69) is 40.8 Å². The van der Waals surface area contributed by atoms with Gasteiger partial charge in [0.25, 0.3) is 0 Å². The minimum Gasteiger partial charge on any atom is -0.379 e. The molecule has 3 aliphatic rings. The number of piperidine rings is 1. The number of fused-ring (bicyclic) bond motifs is 1. The summed E-state index contributed by atoms with van der Waals surface area (Å²) in [5.41, 5.74) is 5.01. The molecule has 1 saturated heterocycles. The number of rotatable bonds is 5. The van der Waals surface area contributed by atoms with Crippen molar-refractivity contribution in [2.24, 2.45) is 5.92 Å². The van der Waals surface area contributed by atoms with Gasteiger partial charge in [-0.15, -0.1) is 0 Å². The largest absolute Gasteiger partial charge is 0.379 e. The Balaban J connectivity index is 1.31. The zero-order valence-corrected chi connectivity index (χ0v) is 19.2. The third-order valence-corrected chi connectivity index (χ3v) is 7.96. The number of imidazole rings is 1. The molecule has 3 fully saturated rings. The van der Waals surface area contributed by atoms with Gasteiger partial charge >= 0.3 is 0 Å². The Morgan fingerprint density at radius 1 is 1.03 bits per heavy atom. The molecule has 6 nitrogen and oxygen atoms in total. The fraction of sp³-hybridized carbons (Fsp3) is 0.680. The van der Waals surface area contributed by atoms with Crippen LogP contribution < -0.4 is 10.2 Å². The number of ether oxygens (including phenoxy) is 1. The minimum absolute atomic E-state index is 0.0976. The second-order valence-corrected chi connectivity index (χ2v) is 9.87. The lowest BCUT2D eigenvalue weighted by Gasteiger charge is -2.36. The lowest BCUT2D eigenvalue weighted by Crippen LogP contribution is -2.47. The van der Waals surface area contributed by atoms with E-state index in [9.17, 15) is 4.79 Å². The molecule has 168 valence electrons. The predicted molar refractivity (Wildman–Crippen MR) is 124 cm³/mol. The lowest BCUT2D eigenvalue weighted by molar-refractivity contribution is -0.127. The van der Waals surface area contributed by atoms with Crippen LogP contribution in [-0.2, 0) is 9.53 Å². The maximum atomic E-state index is 12.9. The number of amides is 1. The Morgan fingerprint density at radius 2 is 1.74 bits per heavy atom. The van der Waals surface area contributed by atoms with Gasteiger partial charge in [-0.25, -0.2) is 4.98 Å². The highest BCUT2D eigenvalue weighted by molar-refractivity contribution is 5.82. The predicted octanol–water partition coefficient (Wildman–Crippen LogP) is 4.28. The van der Waals surface area contributed by atoms with Crippen LogP contribution in [0.1, 0.15) is 68.5 Å². The van der Waals surface area contributed by atoms with Gasteiger partial charge in [-0.05, 0) is 88.5 Å². The molecule has 1 aromatic heterocycles. The zero-order chi connectivity index (χ0) is 21.5. The molecular formula is C25H36N4O2. The SMILES string of the molecule is CO[C@H]1CCCC1NC(=O)C1CCN(c2nc3cc(C)c(C)cc3n2C2CCC2)CC1. The molecular weight excluding hydrogens is 388 g/mol. The minimum atomic E-state index is 0.0976. The second-order valence-electron chi connectivity index (χ2n) is 9.87. The summed E-state index contributed by atoms with van der Waals surface area (Å²) in [6, 6.07) is 5.30. The summed E-state index contributed by atoms with van der Waals surface area (Å²) in [6.45, 7) is 6.14. The van der Waals surface area contributed by atoms with Crippen molar-refractivity contribution in [2.75, 3.05) is 25.1 Å². The Labute approximate surface area is 185 Å². The summed E-state index contributed by atoms with van der Waals surface area (Å²) in [4.78, 5) is 20.4. The number of carbonyl (C=O) groups is 1. The molecule has 0 bridgehead atoms. The number of hydrogen-bond acceptors (Lipinski definition) is 4. The number of anilines is 1. The van der Waals surface area contributed by atoms with Gasteiger partial charge in [0.1, 0.15) is 0 Å². The van der Waals surface area contributed by atoms with Crippen LogP contribution in [0.4, 0.5) is 5.95 Å². The van der Waals surface area contributed by atoms with Gasteiger partial charge in [-0.1, -0.05) is 0 Å². The van der Waals surface area contributed by atoms with Crippen molar-refractivity contribution in [3.63, 3.8) is 0 Å². The van der Waals surface area contributed by atoms with Crippen molar-refractivity contribution < 1.29 is 9.53 Å². The van der Waals surface area contributed by atoms with E-state index < -0.39 is 0 Å². The Hall–Kier alpha value is -2.08. The number of carbonyl (C=O) groups excluding carboxylic acids is 1. The molecule has 2 atom stereocenters. The lowest BCUT2D eigenvalue weighted by atomic mass is 9.92. The molecule has 0 radical (unpaired) electrons. The number of nitrogens with zero attached hydrogens (tertiary/aromatic N) is 3. The van der Waals surface area contributed by atoms with Gasteiger partial charge in [0.2, 0.25) is 11.9 Å². The fourth-order valence-corrected chi connectivity index (χ4v) is 5.58. The Morgan fingerprint density at radius 3 is 2.42 bits per heavy atom. The third-order valence-electron chi connectivity index (χ3n) is 7.96. The number of aromatic nitrogens is 2. The zero-order valence-electron chi connectivity index (χ0n) is 19.2. The molecule has 2 saturated carbocycles. The van der Waals surface area contributed by atoms with Gasteiger partial charge < -0.3 is 19.5 Å². The highest BCUT2D eigenvalue weighted by Crippen LogP contribution is 2.39. The van der Waals surface area contributed by atoms with E-state index in [4.69, 9.17) is 9.72 Å². The van der Waals surface area contributed by atoms with Crippen molar-refractivity contribution in [2.45, 2.75) is 83.4 Å². The first-order chi connectivity index (χ1) is 15.0. The molecule has 1 aromatic carbocycles. The maximum Gasteiger partial charge on any atom is 0.223 e. The van der Waals surface area contributed by atoms with E-state index in [0.29, 0.717) is 6.04 Å². The van der Waals surface area contributed by atoms with E-state index in [1.807, 2.05) is 0 Å². The average molecular weight is 425 g/mol. The van der Waals surface area contributed by atoms with E-state index in [1.54, 1.807) is 7.11 Å². The smallest absolute Gasteiger partial charge is 0.223 e. The molecule has 1 aliphatic heterocycles. The second kappa shape index (κ2) is 8.45. The van der Waals surface area contributed by atoms with Gasteiger partial charge in [-0.2, -0.15) is 0 Å². The summed E-state index contributed by atoms with van der Waals surface area (Å²) >= 11 is 0. The highest BCUT2D eigenvalue weighted by atomic mass is 16.5. The molecule has 2 heterocycles.